The molecule has 3 aromatic rings. The zero-order valence-corrected chi connectivity index (χ0v) is 17.5. The number of halogens is 3. The van der Waals surface area contributed by atoms with E-state index in [9.17, 15) is 13.2 Å². The highest BCUT2D eigenvalue weighted by Gasteiger charge is 2.32. The molecule has 0 N–H and O–H groups in total. The predicted molar refractivity (Wildman–Crippen MR) is 112 cm³/mol. The van der Waals surface area contributed by atoms with Gasteiger partial charge in [0.15, 0.2) is 11.5 Å². The summed E-state index contributed by atoms with van der Waals surface area (Å²) < 4.78 is 52.8. The third-order valence-corrected chi connectivity index (χ3v) is 5.72. The first-order chi connectivity index (χ1) is 14.9. The molecule has 2 aromatic carbocycles. The zero-order valence-electron chi connectivity index (χ0n) is 17.5. The van der Waals surface area contributed by atoms with Crippen LogP contribution in [0, 0.1) is 0 Å². The second kappa shape index (κ2) is 8.67. The van der Waals surface area contributed by atoms with Gasteiger partial charge in [-0.05, 0) is 47.9 Å². The number of hydrogen-bond acceptors (Lipinski definition) is 3. The topological polar surface area (TPSA) is 26.6 Å². The summed E-state index contributed by atoms with van der Waals surface area (Å²) in [4.78, 5) is 2.23. The first-order valence-corrected chi connectivity index (χ1v) is 10.2. The second-order valence-corrected chi connectivity index (χ2v) is 7.67. The molecule has 0 saturated heterocycles. The van der Waals surface area contributed by atoms with Crippen LogP contribution in [0.5, 0.6) is 11.5 Å². The summed E-state index contributed by atoms with van der Waals surface area (Å²) in [5.74, 6) is 1.26. The van der Waals surface area contributed by atoms with Gasteiger partial charge in [-0.1, -0.05) is 24.3 Å². The minimum Gasteiger partial charge on any atom is -0.493 e. The van der Waals surface area contributed by atoms with Gasteiger partial charge in [-0.3, -0.25) is 4.90 Å². The normalized spacial score (nSPS) is 17.1. The van der Waals surface area contributed by atoms with E-state index in [-0.39, 0.29) is 6.04 Å². The van der Waals surface area contributed by atoms with E-state index in [2.05, 4.69) is 21.7 Å². The van der Waals surface area contributed by atoms with Gasteiger partial charge in [0, 0.05) is 31.5 Å². The Kier molecular flexibility index (Phi) is 5.96. The summed E-state index contributed by atoms with van der Waals surface area (Å²) in [6.07, 6.45) is -1.40. The van der Waals surface area contributed by atoms with Gasteiger partial charge in [0.2, 0.25) is 0 Å². The van der Waals surface area contributed by atoms with Gasteiger partial charge >= 0.3 is 6.18 Å². The summed E-state index contributed by atoms with van der Waals surface area (Å²) in [7, 11) is 3.19. The first-order valence-electron chi connectivity index (χ1n) is 10.2. The molecule has 1 atom stereocenters. The van der Waals surface area contributed by atoms with E-state index in [0.717, 1.165) is 36.8 Å². The van der Waals surface area contributed by atoms with E-state index in [4.69, 9.17) is 9.47 Å². The maximum Gasteiger partial charge on any atom is 0.416 e. The third-order valence-electron chi connectivity index (χ3n) is 5.72. The van der Waals surface area contributed by atoms with E-state index in [1.165, 1.54) is 12.1 Å². The van der Waals surface area contributed by atoms with E-state index in [1.807, 2.05) is 24.3 Å². The zero-order chi connectivity index (χ0) is 22.0. The summed E-state index contributed by atoms with van der Waals surface area (Å²) in [6, 6.07) is 15.4. The molecule has 0 bridgehead atoms. The Balaban J connectivity index is 1.74. The summed E-state index contributed by atoms with van der Waals surface area (Å²) in [6.45, 7) is 2.04. The minimum absolute atomic E-state index is 0.119. The standard InChI is InChI=1S/C24H25F3N2O2/c1-30-21-10-9-18(15-22(21)31-2)23-20-8-4-11-28(20)12-5-13-29(23)16-17-6-3-7-19(14-17)24(25,26)27/h3-4,6-11,14-15,23H,5,12-13,16H2,1-2H3. The van der Waals surface area contributed by atoms with Gasteiger partial charge in [-0.25, -0.2) is 0 Å². The number of ether oxygens (including phenoxy) is 2. The van der Waals surface area contributed by atoms with Crippen LogP contribution < -0.4 is 9.47 Å². The van der Waals surface area contributed by atoms with Crippen LogP contribution in [-0.2, 0) is 19.3 Å². The lowest BCUT2D eigenvalue weighted by molar-refractivity contribution is -0.137. The van der Waals surface area contributed by atoms with Crippen LogP contribution in [0.15, 0.2) is 60.8 Å². The van der Waals surface area contributed by atoms with Crippen molar-refractivity contribution in [3.05, 3.63) is 83.2 Å². The molecule has 31 heavy (non-hydrogen) atoms. The van der Waals surface area contributed by atoms with Crippen molar-refractivity contribution in [3.63, 3.8) is 0 Å². The molecule has 1 aliphatic rings. The van der Waals surface area contributed by atoms with Crippen molar-refractivity contribution in [3.8, 4) is 11.5 Å². The number of aryl methyl sites for hydroxylation is 1. The highest BCUT2D eigenvalue weighted by Crippen LogP contribution is 2.38. The third kappa shape index (κ3) is 4.42. The smallest absolute Gasteiger partial charge is 0.416 e. The van der Waals surface area contributed by atoms with Crippen molar-refractivity contribution in [2.75, 3.05) is 20.8 Å². The highest BCUT2D eigenvalue weighted by atomic mass is 19.4. The molecule has 1 aliphatic heterocycles. The van der Waals surface area contributed by atoms with Crippen LogP contribution in [0.4, 0.5) is 13.2 Å². The fourth-order valence-corrected chi connectivity index (χ4v) is 4.29. The van der Waals surface area contributed by atoms with Crippen molar-refractivity contribution in [2.24, 2.45) is 0 Å². The molecule has 2 heterocycles. The Hall–Kier alpha value is -2.93. The SMILES string of the molecule is COc1ccc(C2c3cccn3CCCN2Cc2cccc(C(F)(F)F)c2)cc1OC. The van der Waals surface area contributed by atoms with Crippen LogP contribution in [0.25, 0.3) is 0 Å². The van der Waals surface area contributed by atoms with Crippen LogP contribution in [0.3, 0.4) is 0 Å². The monoisotopic (exact) mass is 430 g/mol. The lowest BCUT2D eigenvalue weighted by Gasteiger charge is -2.31. The summed E-state index contributed by atoms with van der Waals surface area (Å²) in [5, 5.41) is 0. The molecule has 0 radical (unpaired) electrons. The fourth-order valence-electron chi connectivity index (χ4n) is 4.29. The molecule has 4 nitrogen and oxygen atoms in total. The van der Waals surface area contributed by atoms with Crippen LogP contribution >= 0.6 is 0 Å². The molecule has 0 saturated carbocycles. The lowest BCUT2D eigenvalue weighted by atomic mass is 10.00. The summed E-state index contributed by atoms with van der Waals surface area (Å²) in [5.41, 5.74) is 2.13. The average Bonchev–Trinajstić information content (AvgIpc) is 3.14. The van der Waals surface area contributed by atoms with E-state index in [1.54, 1.807) is 20.3 Å². The van der Waals surface area contributed by atoms with Crippen molar-refractivity contribution >= 4 is 0 Å². The maximum atomic E-state index is 13.2. The Bertz CT molecular complexity index is 1050. The van der Waals surface area contributed by atoms with Gasteiger partial charge in [0.1, 0.15) is 0 Å². The van der Waals surface area contributed by atoms with Crippen molar-refractivity contribution in [1.29, 1.82) is 0 Å². The van der Waals surface area contributed by atoms with Gasteiger partial charge < -0.3 is 14.0 Å². The molecule has 164 valence electrons. The average molecular weight is 430 g/mol. The number of aromatic nitrogens is 1. The van der Waals surface area contributed by atoms with Gasteiger partial charge in [-0.15, -0.1) is 0 Å². The number of methoxy groups -OCH3 is 2. The van der Waals surface area contributed by atoms with E-state index >= 15 is 0 Å². The Morgan fingerprint density at radius 2 is 1.74 bits per heavy atom. The molecule has 7 heteroatoms. The molecule has 1 aromatic heterocycles. The highest BCUT2D eigenvalue weighted by molar-refractivity contribution is 5.45. The number of rotatable bonds is 5. The van der Waals surface area contributed by atoms with Crippen LogP contribution in [0.1, 0.15) is 34.8 Å². The van der Waals surface area contributed by atoms with Crippen LogP contribution in [-0.4, -0.2) is 30.2 Å². The molecule has 0 spiro atoms. The first kappa shape index (κ1) is 21.3. The lowest BCUT2D eigenvalue weighted by Crippen LogP contribution is -2.29. The van der Waals surface area contributed by atoms with Crippen molar-refractivity contribution in [2.45, 2.75) is 31.7 Å². The molecule has 4 rings (SSSR count). The fraction of sp³-hybridized carbons (Fsp3) is 0.333. The minimum atomic E-state index is -4.35. The van der Waals surface area contributed by atoms with Gasteiger partial charge in [0.05, 0.1) is 25.8 Å². The van der Waals surface area contributed by atoms with Gasteiger partial charge in [0.25, 0.3) is 0 Å². The van der Waals surface area contributed by atoms with E-state index < -0.39 is 11.7 Å². The Morgan fingerprint density at radius 1 is 0.935 bits per heavy atom. The molecular formula is C24H25F3N2O2. The number of fused-ring (bicyclic) bond motifs is 1. The molecule has 1 unspecified atom stereocenters. The number of nitrogens with zero attached hydrogens (tertiary/aromatic N) is 2. The van der Waals surface area contributed by atoms with Crippen LogP contribution in [0.2, 0.25) is 0 Å². The summed E-state index contributed by atoms with van der Waals surface area (Å²) >= 11 is 0. The molecular weight excluding hydrogens is 405 g/mol. The molecule has 0 fully saturated rings. The predicted octanol–water partition coefficient (Wildman–Crippen LogP) is 5.52. The molecule has 0 aliphatic carbocycles. The van der Waals surface area contributed by atoms with Gasteiger partial charge in [-0.2, -0.15) is 13.2 Å². The number of alkyl halides is 3. The largest absolute Gasteiger partial charge is 0.493 e. The quantitative estimate of drug-likeness (QED) is 0.533. The second-order valence-electron chi connectivity index (χ2n) is 7.67. The maximum absolute atomic E-state index is 13.2. The van der Waals surface area contributed by atoms with Crippen molar-refractivity contribution in [1.82, 2.24) is 9.47 Å². The molecule has 0 amide bonds. The Morgan fingerprint density at radius 3 is 2.48 bits per heavy atom. The number of benzene rings is 2. The Labute approximate surface area is 179 Å². The van der Waals surface area contributed by atoms with Crippen molar-refractivity contribution < 1.29 is 22.6 Å². The number of hydrogen-bond donors (Lipinski definition) is 0. The van der Waals surface area contributed by atoms with E-state index in [0.29, 0.717) is 23.6 Å².